The SMILES string of the molecule is CCCCSC1CCCCC1OC(=O)CC[NH+]1CC2CC(C1)c1cccc(=O)n1C2. The lowest BCUT2D eigenvalue weighted by atomic mass is 9.83. The molecule has 30 heavy (non-hydrogen) atoms. The van der Waals surface area contributed by atoms with Gasteiger partial charge >= 0.3 is 5.97 Å². The number of quaternary nitrogens is 1. The number of nitrogens with one attached hydrogen (secondary N) is 1. The molecule has 3 heterocycles. The van der Waals surface area contributed by atoms with Gasteiger partial charge in [-0.1, -0.05) is 25.8 Å². The summed E-state index contributed by atoms with van der Waals surface area (Å²) >= 11 is 2.01. The zero-order valence-electron chi connectivity index (χ0n) is 18.3. The number of esters is 1. The predicted molar refractivity (Wildman–Crippen MR) is 121 cm³/mol. The number of hydrogen-bond donors (Lipinski definition) is 1. The smallest absolute Gasteiger partial charge is 0.311 e. The zero-order chi connectivity index (χ0) is 20.9. The van der Waals surface area contributed by atoms with E-state index in [0.717, 1.165) is 32.6 Å². The highest BCUT2D eigenvalue weighted by atomic mass is 32.2. The molecule has 2 bridgehead atoms. The molecule has 1 saturated heterocycles. The van der Waals surface area contributed by atoms with Crippen LogP contribution in [0.15, 0.2) is 23.0 Å². The molecule has 0 radical (unpaired) electrons. The Hall–Kier alpha value is -1.27. The first-order valence-corrected chi connectivity index (χ1v) is 13.0. The molecule has 2 fully saturated rings. The highest BCUT2D eigenvalue weighted by Crippen LogP contribution is 2.32. The van der Waals surface area contributed by atoms with Crippen molar-refractivity contribution in [2.75, 3.05) is 25.4 Å². The van der Waals surface area contributed by atoms with Gasteiger partial charge in [0.25, 0.3) is 5.56 Å². The van der Waals surface area contributed by atoms with Gasteiger partial charge in [-0.05, 0) is 43.9 Å². The predicted octanol–water partition coefficient (Wildman–Crippen LogP) is 2.63. The Bertz CT molecular complexity index is 780. The topological polar surface area (TPSA) is 52.7 Å². The summed E-state index contributed by atoms with van der Waals surface area (Å²) in [5.74, 6) is 2.15. The molecule has 1 aliphatic carbocycles. The molecule has 1 N–H and O–H groups in total. The molecule has 166 valence electrons. The van der Waals surface area contributed by atoms with Gasteiger partial charge in [-0.15, -0.1) is 0 Å². The summed E-state index contributed by atoms with van der Waals surface area (Å²) in [7, 11) is 0. The molecule has 1 aromatic heterocycles. The van der Waals surface area contributed by atoms with Gasteiger partial charge < -0.3 is 14.2 Å². The molecule has 0 spiro atoms. The largest absolute Gasteiger partial charge is 0.461 e. The van der Waals surface area contributed by atoms with E-state index in [9.17, 15) is 9.59 Å². The third kappa shape index (κ3) is 5.31. The number of hydrogen-bond acceptors (Lipinski definition) is 4. The number of aromatic nitrogens is 1. The van der Waals surface area contributed by atoms with Crippen molar-refractivity contribution in [2.45, 2.75) is 82.1 Å². The number of rotatable bonds is 8. The molecule has 1 saturated carbocycles. The van der Waals surface area contributed by atoms with Crippen LogP contribution < -0.4 is 10.5 Å². The summed E-state index contributed by atoms with van der Waals surface area (Å²) in [4.78, 5) is 26.3. The lowest BCUT2D eigenvalue weighted by Crippen LogP contribution is -3.14. The maximum atomic E-state index is 12.6. The van der Waals surface area contributed by atoms with E-state index in [1.54, 1.807) is 6.07 Å². The van der Waals surface area contributed by atoms with Crippen molar-refractivity contribution in [3.8, 4) is 0 Å². The average Bonchev–Trinajstić information content (AvgIpc) is 2.74. The van der Waals surface area contributed by atoms with Crippen LogP contribution in [-0.4, -0.2) is 47.3 Å². The van der Waals surface area contributed by atoms with Crippen LogP contribution in [0.4, 0.5) is 0 Å². The lowest BCUT2D eigenvalue weighted by Gasteiger charge is -2.40. The third-order valence-electron chi connectivity index (χ3n) is 7.11. The van der Waals surface area contributed by atoms with Gasteiger partial charge in [-0.3, -0.25) is 9.59 Å². The van der Waals surface area contributed by atoms with E-state index in [1.165, 1.54) is 54.9 Å². The minimum absolute atomic E-state index is 0.0113. The summed E-state index contributed by atoms with van der Waals surface area (Å²) in [6.45, 7) is 5.99. The van der Waals surface area contributed by atoms with Gasteiger partial charge in [0.2, 0.25) is 0 Å². The minimum atomic E-state index is -0.0113. The van der Waals surface area contributed by atoms with Crippen molar-refractivity contribution >= 4 is 17.7 Å². The van der Waals surface area contributed by atoms with E-state index in [-0.39, 0.29) is 17.6 Å². The number of fused-ring (bicyclic) bond motifs is 4. The fourth-order valence-corrected chi connectivity index (χ4v) is 7.10. The fourth-order valence-electron chi connectivity index (χ4n) is 5.60. The molecule has 3 aliphatic rings. The number of piperidine rings is 1. The standard InChI is InChI=1S/C24H36N2O3S/c1-2-3-13-30-22-9-5-4-8-21(22)29-24(28)11-12-25-15-18-14-19(17-25)20-7-6-10-23(27)26(20)16-18/h6-7,10,18-19,21-22H,2-5,8-9,11-17H2,1H3/p+1. The number of ether oxygens (including phenoxy) is 1. The molecular formula is C24H37N2O3S+. The van der Waals surface area contributed by atoms with Gasteiger partial charge in [0.1, 0.15) is 6.10 Å². The van der Waals surface area contributed by atoms with Crippen molar-refractivity contribution in [3.05, 3.63) is 34.2 Å². The normalized spacial score (nSPS) is 30.5. The van der Waals surface area contributed by atoms with Crippen LogP contribution in [0.25, 0.3) is 0 Å². The van der Waals surface area contributed by atoms with E-state index in [2.05, 4.69) is 13.0 Å². The molecule has 0 amide bonds. The first-order valence-electron chi connectivity index (χ1n) is 12.0. The van der Waals surface area contributed by atoms with Crippen LogP contribution >= 0.6 is 11.8 Å². The molecule has 1 aromatic rings. The van der Waals surface area contributed by atoms with E-state index >= 15 is 0 Å². The van der Waals surface area contributed by atoms with Crippen molar-refractivity contribution in [1.29, 1.82) is 0 Å². The van der Waals surface area contributed by atoms with Gasteiger partial charge in [0.15, 0.2) is 0 Å². The van der Waals surface area contributed by atoms with Gasteiger partial charge in [-0.2, -0.15) is 11.8 Å². The monoisotopic (exact) mass is 433 g/mol. The zero-order valence-corrected chi connectivity index (χ0v) is 19.1. The number of carbonyl (C=O) groups is 1. The Kier molecular flexibility index (Phi) is 7.58. The van der Waals surface area contributed by atoms with E-state index in [1.807, 2.05) is 22.4 Å². The molecule has 2 aliphatic heterocycles. The van der Waals surface area contributed by atoms with E-state index < -0.39 is 0 Å². The van der Waals surface area contributed by atoms with Crippen LogP contribution in [0.1, 0.15) is 69.9 Å². The summed E-state index contributed by atoms with van der Waals surface area (Å²) < 4.78 is 7.95. The lowest BCUT2D eigenvalue weighted by molar-refractivity contribution is -0.910. The quantitative estimate of drug-likeness (QED) is 0.506. The van der Waals surface area contributed by atoms with Crippen LogP contribution in [-0.2, 0) is 16.1 Å². The number of carbonyl (C=O) groups excluding carboxylic acids is 1. The summed E-state index contributed by atoms with van der Waals surface area (Å²) in [5.41, 5.74) is 1.32. The van der Waals surface area contributed by atoms with Crippen LogP contribution in [0.2, 0.25) is 0 Å². The van der Waals surface area contributed by atoms with Crippen molar-refractivity contribution in [2.24, 2.45) is 5.92 Å². The molecule has 5 atom stereocenters. The molecule has 5 nitrogen and oxygen atoms in total. The third-order valence-corrected chi connectivity index (χ3v) is 8.60. The maximum Gasteiger partial charge on any atom is 0.311 e. The van der Waals surface area contributed by atoms with Crippen LogP contribution in [0.5, 0.6) is 0 Å². The second-order valence-corrected chi connectivity index (χ2v) is 10.8. The van der Waals surface area contributed by atoms with Crippen molar-refractivity contribution in [1.82, 2.24) is 4.57 Å². The average molecular weight is 434 g/mol. The first-order chi connectivity index (χ1) is 14.6. The second kappa shape index (κ2) is 10.4. The van der Waals surface area contributed by atoms with Gasteiger partial charge in [-0.25, -0.2) is 0 Å². The Morgan fingerprint density at radius 1 is 1.27 bits per heavy atom. The Morgan fingerprint density at radius 3 is 3.00 bits per heavy atom. The maximum absolute atomic E-state index is 12.6. The molecular weight excluding hydrogens is 396 g/mol. The number of likely N-dealkylation sites (tertiary alicyclic amines) is 1. The molecule has 4 rings (SSSR count). The van der Waals surface area contributed by atoms with Crippen molar-refractivity contribution < 1.29 is 14.4 Å². The molecule has 5 unspecified atom stereocenters. The second-order valence-electron chi connectivity index (χ2n) is 9.43. The van der Waals surface area contributed by atoms with Gasteiger partial charge in [0, 0.05) is 35.4 Å². The Labute approximate surface area is 184 Å². The molecule has 6 heteroatoms. The van der Waals surface area contributed by atoms with Gasteiger partial charge in [0.05, 0.1) is 26.1 Å². The number of nitrogens with zero attached hydrogens (tertiary/aromatic N) is 1. The fraction of sp³-hybridized carbons (Fsp3) is 0.750. The number of pyridine rings is 1. The van der Waals surface area contributed by atoms with Crippen LogP contribution in [0, 0.1) is 5.92 Å². The highest BCUT2D eigenvalue weighted by molar-refractivity contribution is 7.99. The van der Waals surface area contributed by atoms with Crippen molar-refractivity contribution in [3.63, 3.8) is 0 Å². The minimum Gasteiger partial charge on any atom is -0.461 e. The Balaban J connectivity index is 1.27. The molecule has 0 aromatic carbocycles. The summed E-state index contributed by atoms with van der Waals surface area (Å²) in [5, 5.41) is 0.491. The van der Waals surface area contributed by atoms with E-state index in [0.29, 0.717) is 23.5 Å². The number of unbranched alkanes of at least 4 members (excludes halogenated alkanes) is 1. The summed E-state index contributed by atoms with van der Waals surface area (Å²) in [6.07, 6.45) is 8.94. The Morgan fingerprint density at radius 2 is 2.13 bits per heavy atom. The first kappa shape index (κ1) is 21.9. The number of thioether (sulfide) groups is 1. The van der Waals surface area contributed by atoms with E-state index in [4.69, 9.17) is 4.74 Å². The summed E-state index contributed by atoms with van der Waals surface area (Å²) in [6, 6.07) is 5.67. The highest BCUT2D eigenvalue weighted by Gasteiger charge is 2.37. The van der Waals surface area contributed by atoms with Crippen LogP contribution in [0.3, 0.4) is 0 Å².